The minimum Gasteiger partial charge on any atom is -0.480 e. The number of ether oxygens (including phenoxy) is 8. The lowest BCUT2D eigenvalue weighted by Crippen LogP contribution is -2.68. The van der Waals surface area contributed by atoms with Crippen molar-refractivity contribution in [2.24, 2.45) is 0 Å². The Balaban J connectivity index is 2.95. The van der Waals surface area contributed by atoms with Crippen LogP contribution in [-0.2, 0) is 85.3 Å². The molecule has 14 atom stereocenters. The zero-order valence-electron chi connectivity index (χ0n) is 73.5. The molecule has 2 saturated heterocycles. The van der Waals surface area contributed by atoms with Crippen molar-refractivity contribution in [3.8, 4) is 0 Å². The van der Waals surface area contributed by atoms with E-state index < -0.39 is 180 Å². The number of hydrogen-bond acceptors (Lipinski definition) is 21. The van der Waals surface area contributed by atoms with Crippen LogP contribution < -0.4 is 16.0 Å². The molecule has 2 aliphatic heterocycles. The summed E-state index contributed by atoms with van der Waals surface area (Å²) in [4.78, 5) is 134. The zero-order chi connectivity index (χ0) is 86.1. The summed E-state index contributed by atoms with van der Waals surface area (Å²) in [7, 11) is -5.81. The topological polar surface area (TPSA) is 394 Å². The van der Waals surface area contributed by atoms with Gasteiger partial charge in [0, 0.05) is 26.2 Å². The van der Waals surface area contributed by atoms with Crippen LogP contribution in [0.15, 0.2) is 0 Å². The molecular formula is C89H164N3O24P. The van der Waals surface area contributed by atoms with Crippen LogP contribution in [0.1, 0.15) is 414 Å². The van der Waals surface area contributed by atoms with Gasteiger partial charge in [0.05, 0.1) is 39.1 Å². The summed E-state index contributed by atoms with van der Waals surface area (Å²) in [6.07, 6.45) is 27.5. The summed E-state index contributed by atoms with van der Waals surface area (Å²) in [6.45, 7) is 11.2. The molecule has 28 heteroatoms. The van der Waals surface area contributed by atoms with Crippen LogP contribution in [0.5, 0.6) is 0 Å². The largest absolute Gasteiger partial charge is 0.480 e. The van der Waals surface area contributed by atoms with Crippen LogP contribution in [-0.4, -0.2) is 183 Å². The lowest BCUT2D eigenvalue weighted by Gasteiger charge is -2.47. The molecule has 27 nitrogen and oxygen atoms in total. The Bertz CT molecular complexity index is 2620. The summed E-state index contributed by atoms with van der Waals surface area (Å²) in [5.74, 6) is -6.74. The van der Waals surface area contributed by atoms with Gasteiger partial charge in [-0.1, -0.05) is 311 Å². The number of aliphatic carboxylic acids is 1. The molecule has 0 radical (unpaired) electrons. The smallest absolute Gasteiger partial charge is 0.470 e. The monoisotopic (exact) mass is 1690 g/mol. The van der Waals surface area contributed by atoms with Crippen LogP contribution in [0, 0.1) is 0 Å². The van der Waals surface area contributed by atoms with Crippen molar-refractivity contribution in [3.63, 3.8) is 0 Å². The molecular weight excluding hydrogens is 1530 g/mol. The Labute approximate surface area is 703 Å². The fourth-order valence-corrected chi connectivity index (χ4v) is 15.9. The van der Waals surface area contributed by atoms with Gasteiger partial charge in [-0.15, -0.1) is 0 Å². The number of unbranched alkanes of at least 4 members (excludes halogenated alkanes) is 42. The van der Waals surface area contributed by atoms with Gasteiger partial charge in [-0.2, -0.15) is 0 Å². The third-order valence-corrected chi connectivity index (χ3v) is 22.7. The van der Waals surface area contributed by atoms with Crippen molar-refractivity contribution < 1.29 is 116 Å². The Hall–Kier alpha value is -4.41. The van der Waals surface area contributed by atoms with Crippen molar-refractivity contribution in [3.05, 3.63) is 0 Å². The standard InChI is InChI=1S/C89H164N3O24P/c1-8-14-20-26-32-35-41-44-50-56-69(110-77(97)59-53-47-38-29-23-17-11-4)62-75(95)91-72(87(103)104)66-108-89-82(92-76(96)63-70(57-51-45-42-36-33-27-21-15-9-2)111-78(98)60-54-48-39-30-24-18-12-5)86(85(116-117(105,106)107)74(114-89)67-109-88-81(90-68(7)94)84(102)83(101)73(65-93)113-88)115-80(100)64-71(58-52-46-43-37-34-28-22-16-10-3)112-79(99)61-55-49-40-31-25-19-13-6/h69-74,81-86,88-89,93,101-102H,8-67H2,1-7H3,(H,90,94)(H,91,95)(H,92,96)(H,103,104)(H2,105,106,107)/t69-,70-,71-,72+,73-,74-,81-,82-,83-,84-,85-,86-,88-,89-/m1/s1. The first-order valence-electron chi connectivity index (χ1n) is 46.6. The molecule has 0 spiro atoms. The molecule has 0 aliphatic carbocycles. The third-order valence-electron chi connectivity index (χ3n) is 22.2. The van der Waals surface area contributed by atoms with E-state index in [4.69, 9.17) is 42.4 Å². The molecule has 0 aromatic rings. The van der Waals surface area contributed by atoms with E-state index in [2.05, 4.69) is 57.5 Å². The van der Waals surface area contributed by atoms with E-state index in [1.54, 1.807) is 0 Å². The quantitative estimate of drug-likeness (QED) is 0.0118. The number of hydrogen-bond donors (Lipinski definition) is 9. The molecule has 0 bridgehead atoms. The highest BCUT2D eigenvalue weighted by atomic mass is 31.2. The molecule has 3 amide bonds. The van der Waals surface area contributed by atoms with Crippen LogP contribution in [0.3, 0.4) is 0 Å². The summed E-state index contributed by atoms with van der Waals surface area (Å²) >= 11 is 0. The van der Waals surface area contributed by atoms with E-state index in [0.717, 1.165) is 264 Å². The molecule has 0 saturated carbocycles. The first-order valence-corrected chi connectivity index (χ1v) is 48.1. The van der Waals surface area contributed by atoms with Crippen molar-refractivity contribution in [1.82, 2.24) is 16.0 Å². The lowest BCUT2D eigenvalue weighted by atomic mass is 9.95. The predicted molar refractivity (Wildman–Crippen MR) is 451 cm³/mol. The maximum absolute atomic E-state index is 15.2. The van der Waals surface area contributed by atoms with Gasteiger partial charge in [0.15, 0.2) is 24.7 Å². The molecule has 0 unspecified atom stereocenters. The van der Waals surface area contributed by atoms with Gasteiger partial charge in [-0.05, 0) is 57.8 Å². The maximum Gasteiger partial charge on any atom is 0.470 e. The van der Waals surface area contributed by atoms with Crippen molar-refractivity contribution in [2.45, 2.75) is 500 Å². The Morgan fingerprint density at radius 3 is 1.08 bits per heavy atom. The van der Waals surface area contributed by atoms with Gasteiger partial charge < -0.3 is 84.1 Å². The van der Waals surface area contributed by atoms with Crippen molar-refractivity contribution in [1.29, 1.82) is 0 Å². The van der Waals surface area contributed by atoms with Crippen LogP contribution in [0.2, 0.25) is 0 Å². The molecule has 2 heterocycles. The summed E-state index contributed by atoms with van der Waals surface area (Å²) in [5.41, 5.74) is 0. The molecule has 117 heavy (non-hydrogen) atoms. The number of aliphatic hydroxyl groups excluding tert-OH is 3. The van der Waals surface area contributed by atoms with E-state index >= 15 is 9.59 Å². The molecule has 2 aliphatic rings. The fourth-order valence-electron chi connectivity index (χ4n) is 15.3. The van der Waals surface area contributed by atoms with Gasteiger partial charge in [0.1, 0.15) is 60.9 Å². The Morgan fingerprint density at radius 1 is 0.393 bits per heavy atom. The predicted octanol–water partition coefficient (Wildman–Crippen LogP) is 17.2. The Morgan fingerprint density at radius 2 is 0.726 bits per heavy atom. The SMILES string of the molecule is CCCCCCCCCCC[C@H](CC(=O)N[C@H]1[C@H](OC[C@H](NC(=O)C[C@@H](CCCCCCCCCCC)OC(=O)CCCCCCCCC)C(=O)O)O[C@H](CO[C@@H]2O[C@H](CO)[C@@H](O)[C@H](O)[C@H]2NC(C)=O)[C@@H](OP(=O)(O)O)[C@@H]1OC(=O)C[C@@H](CCCCCCCCCCC)OC(=O)CCCCCCCCC)OC(=O)CCCCCCCCC. The van der Waals surface area contributed by atoms with Gasteiger partial charge >= 0.3 is 37.7 Å². The second kappa shape index (κ2) is 70.0. The normalized spacial score (nSPS) is 20.5. The number of esters is 4. The molecule has 0 aromatic carbocycles. The van der Waals surface area contributed by atoms with E-state index in [1.165, 1.54) is 12.8 Å². The highest BCUT2D eigenvalue weighted by molar-refractivity contribution is 7.46. The molecule has 9 N–H and O–H groups in total. The fraction of sp³-hybridized carbons (Fsp3) is 0.910. The van der Waals surface area contributed by atoms with Gasteiger partial charge in [-0.25, -0.2) is 9.36 Å². The van der Waals surface area contributed by atoms with E-state index in [0.29, 0.717) is 44.9 Å². The average molecular weight is 1690 g/mol. The number of carboxylic acid groups (broad SMARTS) is 1. The van der Waals surface area contributed by atoms with E-state index in [1.807, 2.05) is 0 Å². The van der Waals surface area contributed by atoms with E-state index in [9.17, 15) is 63.5 Å². The third kappa shape index (κ3) is 54.7. The summed E-state index contributed by atoms with van der Waals surface area (Å²) < 4.78 is 68.7. The van der Waals surface area contributed by atoms with Gasteiger partial charge in [-0.3, -0.25) is 38.1 Å². The first kappa shape index (κ1) is 109. The zero-order valence-corrected chi connectivity index (χ0v) is 74.4. The van der Waals surface area contributed by atoms with Crippen molar-refractivity contribution >= 4 is 55.4 Å². The highest BCUT2D eigenvalue weighted by Crippen LogP contribution is 2.43. The molecule has 2 fully saturated rings. The first-order chi connectivity index (χ1) is 56.4. The van der Waals surface area contributed by atoms with Crippen LogP contribution in [0.4, 0.5) is 0 Å². The number of nitrogens with one attached hydrogen (secondary N) is 3. The van der Waals surface area contributed by atoms with Crippen LogP contribution in [0.25, 0.3) is 0 Å². The second-order valence-electron chi connectivity index (χ2n) is 33.1. The number of phosphoric acid groups is 1. The summed E-state index contributed by atoms with van der Waals surface area (Å²) in [6, 6.07) is -5.46. The van der Waals surface area contributed by atoms with Gasteiger partial charge in [0.2, 0.25) is 17.7 Å². The van der Waals surface area contributed by atoms with Crippen molar-refractivity contribution in [2.75, 3.05) is 19.8 Å². The molecule has 684 valence electrons. The number of amides is 3. The maximum atomic E-state index is 15.2. The number of rotatable bonds is 77. The molecule has 0 aromatic heterocycles. The Kier molecular flexibility index (Phi) is 65.0. The lowest BCUT2D eigenvalue weighted by molar-refractivity contribution is -0.303. The number of carboxylic acids is 1. The molecule has 2 rings (SSSR count). The highest BCUT2D eigenvalue weighted by Gasteiger charge is 2.54. The van der Waals surface area contributed by atoms with Gasteiger partial charge in [0.25, 0.3) is 0 Å². The number of carbonyl (C=O) groups excluding carboxylic acids is 7. The summed E-state index contributed by atoms with van der Waals surface area (Å²) in [5, 5.41) is 51.4. The second-order valence-corrected chi connectivity index (χ2v) is 34.3. The minimum absolute atomic E-state index is 0.0612. The number of carbonyl (C=O) groups is 8. The van der Waals surface area contributed by atoms with Crippen LogP contribution >= 0.6 is 7.82 Å². The average Bonchev–Trinajstić information content (AvgIpc) is 0.774. The number of aliphatic hydroxyl groups is 3. The van der Waals surface area contributed by atoms with E-state index in [-0.39, 0.29) is 32.1 Å². The number of phosphoric ester groups is 1. The minimum atomic E-state index is -5.81.